The van der Waals surface area contributed by atoms with Crippen LogP contribution in [0.5, 0.6) is 0 Å². The number of methoxy groups -OCH3 is 2. The van der Waals surface area contributed by atoms with Gasteiger partial charge in [-0.1, -0.05) is 0 Å². The molecule has 4 nitrogen and oxygen atoms in total. The third kappa shape index (κ3) is 1.43. The number of carbonyl (C=O) groups excluding carboxylic acids is 1. The van der Waals surface area contributed by atoms with Crippen LogP contribution in [0.3, 0.4) is 0 Å². The summed E-state index contributed by atoms with van der Waals surface area (Å²) in [5.41, 5.74) is 0. The zero-order valence-electron chi connectivity index (χ0n) is 9.90. The van der Waals surface area contributed by atoms with E-state index in [0.717, 1.165) is 4.48 Å². The van der Waals surface area contributed by atoms with Crippen molar-refractivity contribution in [1.29, 1.82) is 0 Å². The van der Waals surface area contributed by atoms with Crippen molar-refractivity contribution in [1.82, 2.24) is 0 Å². The molecule has 0 unspecified atom stereocenters. The Hall–Kier alpha value is -0.450. The van der Waals surface area contributed by atoms with E-state index in [1.165, 1.54) is 0 Å². The highest BCUT2D eigenvalue weighted by atomic mass is 16.5. The molecule has 2 saturated heterocycles. The molecule has 0 aliphatic carbocycles. The number of likely N-dealkylation sites (N-methyl/N-ethyl adjacent to an activating group) is 1. The minimum atomic E-state index is 0.0569. The molecule has 0 aromatic rings. The summed E-state index contributed by atoms with van der Waals surface area (Å²) >= 11 is 0. The lowest BCUT2D eigenvalue weighted by Gasteiger charge is -2.40. The molecule has 2 fully saturated rings. The van der Waals surface area contributed by atoms with Crippen molar-refractivity contribution in [3.63, 3.8) is 0 Å². The summed E-state index contributed by atoms with van der Waals surface area (Å²) in [5, 5.41) is 0. The topological polar surface area (TPSA) is 35.5 Å². The SMILES string of the molecule is CO[C@@H]1[C@H](OC)[C@@H]2CC(=O)C[C@H]1[N+]2(C)C. The summed E-state index contributed by atoms with van der Waals surface area (Å²) in [6.07, 6.45) is 1.37. The van der Waals surface area contributed by atoms with E-state index in [4.69, 9.17) is 9.47 Å². The number of ether oxygens (including phenoxy) is 2. The van der Waals surface area contributed by atoms with Crippen molar-refractivity contribution in [3.05, 3.63) is 0 Å². The molecule has 4 heteroatoms. The summed E-state index contributed by atoms with van der Waals surface area (Å²) in [6, 6.07) is 0.511. The fraction of sp³-hybridized carbons (Fsp3) is 0.909. The molecule has 2 rings (SSSR count). The van der Waals surface area contributed by atoms with Crippen molar-refractivity contribution < 1.29 is 18.8 Å². The Balaban J connectivity index is 2.35. The minimum absolute atomic E-state index is 0.0569. The number of carbonyl (C=O) groups is 1. The molecule has 15 heavy (non-hydrogen) atoms. The van der Waals surface area contributed by atoms with Crippen LogP contribution >= 0.6 is 0 Å². The first-order valence-electron chi connectivity index (χ1n) is 5.43. The van der Waals surface area contributed by atoms with Gasteiger partial charge >= 0.3 is 0 Å². The fourth-order valence-electron chi connectivity index (χ4n) is 3.28. The highest BCUT2D eigenvalue weighted by Crippen LogP contribution is 2.40. The van der Waals surface area contributed by atoms with Gasteiger partial charge in [-0.2, -0.15) is 0 Å². The maximum absolute atomic E-state index is 11.6. The number of quaternary nitrogens is 1. The monoisotopic (exact) mass is 214 g/mol. The van der Waals surface area contributed by atoms with Crippen LogP contribution in [0, 0.1) is 0 Å². The van der Waals surface area contributed by atoms with Crippen LogP contribution in [0.4, 0.5) is 0 Å². The Kier molecular flexibility index (Phi) is 2.61. The molecule has 2 aliphatic heterocycles. The van der Waals surface area contributed by atoms with Crippen LogP contribution in [0.15, 0.2) is 0 Å². The van der Waals surface area contributed by atoms with Gasteiger partial charge in [0.25, 0.3) is 0 Å². The highest BCUT2D eigenvalue weighted by molar-refractivity contribution is 5.80. The molecule has 0 aromatic heterocycles. The summed E-state index contributed by atoms with van der Waals surface area (Å²) in [4.78, 5) is 11.6. The number of hydrogen-bond donors (Lipinski definition) is 0. The summed E-state index contributed by atoms with van der Waals surface area (Å²) in [6.45, 7) is 0. The van der Waals surface area contributed by atoms with Gasteiger partial charge in [-0.05, 0) is 0 Å². The van der Waals surface area contributed by atoms with Crippen LogP contribution in [0.2, 0.25) is 0 Å². The van der Waals surface area contributed by atoms with Crippen LogP contribution in [0.1, 0.15) is 12.8 Å². The van der Waals surface area contributed by atoms with E-state index in [2.05, 4.69) is 14.1 Å². The van der Waals surface area contributed by atoms with Gasteiger partial charge in [0.05, 0.1) is 26.9 Å². The van der Waals surface area contributed by atoms with E-state index >= 15 is 0 Å². The van der Waals surface area contributed by atoms with Crippen molar-refractivity contribution >= 4 is 5.78 Å². The third-order valence-corrected chi connectivity index (χ3v) is 4.21. The molecular formula is C11H20NO3+. The predicted molar refractivity (Wildman–Crippen MR) is 55.5 cm³/mol. The fourth-order valence-corrected chi connectivity index (χ4v) is 3.28. The van der Waals surface area contributed by atoms with Crippen molar-refractivity contribution in [2.24, 2.45) is 0 Å². The second-order valence-corrected chi connectivity index (χ2v) is 5.11. The first-order valence-corrected chi connectivity index (χ1v) is 5.43. The molecule has 0 spiro atoms. The second-order valence-electron chi connectivity index (χ2n) is 5.11. The Morgan fingerprint density at radius 2 is 1.47 bits per heavy atom. The number of rotatable bonds is 2. The number of Topliss-reactive ketones (excluding diaryl/α,β-unsaturated/α-hetero) is 1. The van der Waals surface area contributed by atoms with Crippen molar-refractivity contribution in [2.75, 3.05) is 28.3 Å². The molecule has 0 amide bonds. The smallest absolute Gasteiger partial charge is 0.144 e. The number of nitrogens with zero attached hydrogens (tertiary/aromatic N) is 1. The first kappa shape index (κ1) is 11.0. The lowest BCUT2D eigenvalue weighted by atomic mass is 9.99. The largest absolute Gasteiger partial charge is 0.372 e. The summed E-state index contributed by atoms with van der Waals surface area (Å²) < 4.78 is 11.9. The molecule has 0 aromatic carbocycles. The van der Waals surface area contributed by atoms with E-state index in [0.29, 0.717) is 18.6 Å². The Morgan fingerprint density at radius 3 is 1.80 bits per heavy atom. The molecule has 2 bridgehead atoms. The maximum Gasteiger partial charge on any atom is 0.144 e. The zero-order chi connectivity index (χ0) is 11.2. The molecule has 86 valence electrons. The number of hydrogen-bond acceptors (Lipinski definition) is 3. The maximum atomic E-state index is 11.6. The van der Waals surface area contributed by atoms with Gasteiger partial charge in [-0.25, -0.2) is 0 Å². The van der Waals surface area contributed by atoms with Crippen LogP contribution in [0.25, 0.3) is 0 Å². The molecule has 2 aliphatic rings. The molecule has 4 atom stereocenters. The predicted octanol–water partition coefficient (Wildman–Crippen LogP) is 0.206. The first-order chi connectivity index (χ1) is 7.02. The third-order valence-electron chi connectivity index (χ3n) is 4.21. The van der Waals surface area contributed by atoms with Crippen LogP contribution in [-0.4, -0.2) is 62.9 Å². The average Bonchev–Trinajstić information content (AvgIpc) is 2.33. The lowest BCUT2D eigenvalue weighted by Crippen LogP contribution is -2.57. The summed E-state index contributed by atoms with van der Waals surface area (Å²) in [7, 11) is 7.77. The second kappa shape index (κ2) is 3.54. The van der Waals surface area contributed by atoms with E-state index in [-0.39, 0.29) is 24.3 Å². The van der Waals surface area contributed by atoms with Gasteiger partial charge in [-0.3, -0.25) is 4.79 Å². The minimum Gasteiger partial charge on any atom is -0.372 e. The van der Waals surface area contributed by atoms with Gasteiger partial charge in [0, 0.05) is 14.2 Å². The standard InChI is InChI=1S/C11H20NO3/c1-12(2)8-5-7(13)6-9(12)11(15-4)10(8)14-3/h8-11H,5-6H2,1-4H3/q+1/t8-,9+,10+,11-. The number of piperidine rings is 1. The van der Waals surface area contributed by atoms with Gasteiger partial charge in [0.1, 0.15) is 30.1 Å². The molecular weight excluding hydrogens is 194 g/mol. The van der Waals surface area contributed by atoms with Gasteiger partial charge in [0.15, 0.2) is 0 Å². The van der Waals surface area contributed by atoms with Crippen molar-refractivity contribution in [2.45, 2.75) is 37.1 Å². The lowest BCUT2D eigenvalue weighted by molar-refractivity contribution is -0.929. The number of ketones is 1. The van der Waals surface area contributed by atoms with E-state index in [1.807, 2.05) is 0 Å². The van der Waals surface area contributed by atoms with Crippen LogP contribution < -0.4 is 0 Å². The molecule has 2 heterocycles. The van der Waals surface area contributed by atoms with Gasteiger partial charge in [0.2, 0.25) is 0 Å². The Morgan fingerprint density at radius 1 is 1.07 bits per heavy atom. The van der Waals surface area contributed by atoms with E-state index in [1.54, 1.807) is 14.2 Å². The Labute approximate surface area is 90.7 Å². The van der Waals surface area contributed by atoms with Crippen LogP contribution in [-0.2, 0) is 14.3 Å². The number of fused-ring (bicyclic) bond motifs is 2. The normalized spacial score (nSPS) is 43.3. The quantitative estimate of drug-likeness (QED) is 0.616. The Bertz CT molecular complexity index is 253. The molecule has 0 N–H and O–H groups in total. The molecule has 0 saturated carbocycles. The van der Waals surface area contributed by atoms with Crippen molar-refractivity contribution in [3.8, 4) is 0 Å². The zero-order valence-corrected chi connectivity index (χ0v) is 9.90. The average molecular weight is 214 g/mol. The highest BCUT2D eigenvalue weighted by Gasteiger charge is 2.61. The van der Waals surface area contributed by atoms with E-state index < -0.39 is 0 Å². The molecule has 0 radical (unpaired) electrons. The van der Waals surface area contributed by atoms with E-state index in [9.17, 15) is 4.79 Å². The van der Waals surface area contributed by atoms with Gasteiger partial charge < -0.3 is 14.0 Å². The summed E-state index contributed by atoms with van der Waals surface area (Å²) in [5.74, 6) is 0.351. The van der Waals surface area contributed by atoms with Gasteiger partial charge in [-0.15, -0.1) is 0 Å².